The number of rotatable bonds is 1. The van der Waals surface area contributed by atoms with Crippen LogP contribution in [0.3, 0.4) is 0 Å². The summed E-state index contributed by atoms with van der Waals surface area (Å²) in [7, 11) is 2.19. The molecule has 1 aromatic heterocycles. The zero-order chi connectivity index (χ0) is 14.3. The average Bonchev–Trinajstić information content (AvgIpc) is 2.45. The standard InChI is InChI=1S/C16H22N4/c1-11-9-20(10-12(2)19(11)3)15-7-6-14-13(16(15)17)5-4-8-18-14/h4-8,11-12H,9-10,17H2,1-3H3. The van der Waals surface area contributed by atoms with Gasteiger partial charge in [-0.25, -0.2) is 0 Å². The van der Waals surface area contributed by atoms with Gasteiger partial charge in [0.05, 0.1) is 16.9 Å². The maximum Gasteiger partial charge on any atom is 0.0724 e. The third-order valence-corrected chi connectivity index (χ3v) is 4.50. The van der Waals surface area contributed by atoms with Crippen molar-refractivity contribution < 1.29 is 0 Å². The lowest BCUT2D eigenvalue weighted by Crippen LogP contribution is -2.55. The molecule has 0 aliphatic carbocycles. The number of nitrogens with zero attached hydrogens (tertiary/aromatic N) is 3. The van der Waals surface area contributed by atoms with Gasteiger partial charge in [0.25, 0.3) is 0 Å². The van der Waals surface area contributed by atoms with Crippen LogP contribution in [0.5, 0.6) is 0 Å². The van der Waals surface area contributed by atoms with Crippen molar-refractivity contribution in [2.24, 2.45) is 0 Å². The summed E-state index contributed by atoms with van der Waals surface area (Å²) in [6, 6.07) is 9.22. The van der Waals surface area contributed by atoms with Crippen molar-refractivity contribution in [3.05, 3.63) is 30.5 Å². The number of pyridine rings is 1. The number of nitrogens with two attached hydrogens (primary N) is 1. The highest BCUT2D eigenvalue weighted by molar-refractivity contribution is 5.97. The van der Waals surface area contributed by atoms with Gasteiger partial charge >= 0.3 is 0 Å². The molecule has 2 unspecified atom stereocenters. The molecule has 1 aliphatic heterocycles. The van der Waals surface area contributed by atoms with E-state index in [0.717, 1.165) is 35.4 Å². The molecule has 0 amide bonds. The maximum atomic E-state index is 6.38. The Morgan fingerprint density at radius 1 is 1.15 bits per heavy atom. The smallest absolute Gasteiger partial charge is 0.0724 e. The Morgan fingerprint density at radius 2 is 1.85 bits per heavy atom. The second-order valence-corrected chi connectivity index (χ2v) is 5.84. The van der Waals surface area contributed by atoms with Gasteiger partial charge in [0.2, 0.25) is 0 Å². The molecule has 106 valence electrons. The highest BCUT2D eigenvalue weighted by atomic mass is 15.3. The second-order valence-electron chi connectivity index (χ2n) is 5.84. The van der Waals surface area contributed by atoms with Crippen molar-refractivity contribution in [2.45, 2.75) is 25.9 Å². The van der Waals surface area contributed by atoms with E-state index in [1.165, 1.54) is 0 Å². The van der Waals surface area contributed by atoms with Crippen LogP contribution in [0.1, 0.15) is 13.8 Å². The molecule has 1 fully saturated rings. The summed E-state index contributed by atoms with van der Waals surface area (Å²) in [5.41, 5.74) is 9.33. The molecular formula is C16H22N4. The topological polar surface area (TPSA) is 45.4 Å². The molecule has 2 aromatic rings. The molecule has 4 heteroatoms. The zero-order valence-electron chi connectivity index (χ0n) is 12.4. The quantitative estimate of drug-likeness (QED) is 0.808. The summed E-state index contributed by atoms with van der Waals surface area (Å²) >= 11 is 0. The molecule has 0 saturated carbocycles. The van der Waals surface area contributed by atoms with Gasteiger partial charge in [0, 0.05) is 36.8 Å². The minimum Gasteiger partial charge on any atom is -0.396 e. The molecule has 3 rings (SSSR count). The molecule has 0 spiro atoms. The van der Waals surface area contributed by atoms with Gasteiger partial charge in [0.15, 0.2) is 0 Å². The Balaban J connectivity index is 2.00. The number of hydrogen-bond acceptors (Lipinski definition) is 4. The number of piperazine rings is 1. The second kappa shape index (κ2) is 4.94. The number of benzene rings is 1. The molecule has 2 heterocycles. The van der Waals surface area contributed by atoms with Crippen LogP contribution < -0.4 is 10.6 Å². The van der Waals surface area contributed by atoms with Gasteiger partial charge in [-0.2, -0.15) is 0 Å². The third kappa shape index (κ3) is 2.10. The minimum absolute atomic E-state index is 0.530. The first kappa shape index (κ1) is 13.2. The van der Waals surface area contributed by atoms with Crippen LogP contribution in [-0.2, 0) is 0 Å². The lowest BCUT2D eigenvalue weighted by atomic mass is 10.1. The van der Waals surface area contributed by atoms with Gasteiger partial charge in [0.1, 0.15) is 0 Å². The Morgan fingerprint density at radius 3 is 2.55 bits per heavy atom. The first-order valence-electron chi connectivity index (χ1n) is 7.18. The zero-order valence-corrected chi connectivity index (χ0v) is 12.4. The van der Waals surface area contributed by atoms with E-state index in [1.807, 2.05) is 12.1 Å². The normalized spacial score (nSPS) is 24.2. The van der Waals surface area contributed by atoms with Crippen molar-refractivity contribution in [1.29, 1.82) is 0 Å². The molecule has 2 N–H and O–H groups in total. The molecule has 20 heavy (non-hydrogen) atoms. The number of anilines is 2. The molecule has 0 bridgehead atoms. The van der Waals surface area contributed by atoms with E-state index < -0.39 is 0 Å². The van der Waals surface area contributed by atoms with Crippen molar-refractivity contribution in [1.82, 2.24) is 9.88 Å². The average molecular weight is 270 g/mol. The first-order valence-corrected chi connectivity index (χ1v) is 7.18. The maximum absolute atomic E-state index is 6.38. The number of likely N-dealkylation sites (N-methyl/N-ethyl adjacent to an activating group) is 1. The summed E-state index contributed by atoms with van der Waals surface area (Å²) in [4.78, 5) is 9.19. The number of nitrogen functional groups attached to an aromatic ring is 1. The molecule has 1 aliphatic rings. The summed E-state index contributed by atoms with van der Waals surface area (Å²) in [5, 5.41) is 1.05. The van der Waals surface area contributed by atoms with Crippen LogP contribution in [0, 0.1) is 0 Å². The Hall–Kier alpha value is -1.81. The molecule has 1 aromatic carbocycles. The lowest BCUT2D eigenvalue weighted by Gasteiger charge is -2.43. The van der Waals surface area contributed by atoms with Gasteiger partial charge in [-0.1, -0.05) is 0 Å². The van der Waals surface area contributed by atoms with Crippen molar-refractivity contribution in [2.75, 3.05) is 30.8 Å². The van der Waals surface area contributed by atoms with Gasteiger partial charge in [-0.05, 0) is 45.2 Å². The van der Waals surface area contributed by atoms with E-state index in [4.69, 9.17) is 5.73 Å². The molecule has 2 atom stereocenters. The van der Waals surface area contributed by atoms with E-state index in [9.17, 15) is 0 Å². The summed E-state index contributed by atoms with van der Waals surface area (Å²) < 4.78 is 0. The van der Waals surface area contributed by atoms with Crippen molar-refractivity contribution >= 4 is 22.3 Å². The molecule has 4 nitrogen and oxygen atoms in total. The first-order chi connectivity index (χ1) is 9.58. The fourth-order valence-electron chi connectivity index (χ4n) is 3.04. The monoisotopic (exact) mass is 270 g/mol. The predicted octanol–water partition coefficient (Wildman–Crippen LogP) is 2.35. The van der Waals surface area contributed by atoms with Crippen LogP contribution >= 0.6 is 0 Å². The van der Waals surface area contributed by atoms with Crippen LogP contribution in [0.25, 0.3) is 10.9 Å². The summed E-state index contributed by atoms with van der Waals surface area (Å²) in [6.45, 7) is 6.55. The van der Waals surface area contributed by atoms with E-state index in [2.05, 4.69) is 47.8 Å². The Bertz CT molecular complexity index is 613. The third-order valence-electron chi connectivity index (χ3n) is 4.50. The summed E-state index contributed by atoms with van der Waals surface area (Å²) in [6.07, 6.45) is 1.81. The number of hydrogen-bond donors (Lipinski definition) is 1. The number of aromatic nitrogens is 1. The van der Waals surface area contributed by atoms with Gasteiger partial charge in [-0.15, -0.1) is 0 Å². The minimum atomic E-state index is 0.530. The Kier molecular flexibility index (Phi) is 3.26. The van der Waals surface area contributed by atoms with Crippen LogP contribution in [0.15, 0.2) is 30.5 Å². The van der Waals surface area contributed by atoms with E-state index >= 15 is 0 Å². The lowest BCUT2D eigenvalue weighted by molar-refractivity contribution is 0.170. The SMILES string of the molecule is CC1CN(c2ccc3ncccc3c2N)CC(C)N1C. The fraction of sp³-hybridized carbons (Fsp3) is 0.438. The highest BCUT2D eigenvalue weighted by Gasteiger charge is 2.27. The van der Waals surface area contributed by atoms with E-state index in [-0.39, 0.29) is 0 Å². The van der Waals surface area contributed by atoms with Crippen LogP contribution in [0.2, 0.25) is 0 Å². The van der Waals surface area contributed by atoms with Gasteiger partial charge in [-0.3, -0.25) is 9.88 Å². The molecule has 0 radical (unpaired) electrons. The van der Waals surface area contributed by atoms with Crippen LogP contribution in [0.4, 0.5) is 11.4 Å². The molecular weight excluding hydrogens is 248 g/mol. The highest BCUT2D eigenvalue weighted by Crippen LogP contribution is 2.32. The Labute approximate surface area is 120 Å². The van der Waals surface area contributed by atoms with Crippen LogP contribution in [-0.4, -0.2) is 42.1 Å². The van der Waals surface area contributed by atoms with E-state index in [0.29, 0.717) is 12.1 Å². The van der Waals surface area contributed by atoms with Crippen molar-refractivity contribution in [3.63, 3.8) is 0 Å². The van der Waals surface area contributed by atoms with E-state index in [1.54, 1.807) is 6.20 Å². The predicted molar refractivity (Wildman–Crippen MR) is 85.1 cm³/mol. The summed E-state index contributed by atoms with van der Waals surface area (Å²) in [5.74, 6) is 0. The van der Waals surface area contributed by atoms with Crippen molar-refractivity contribution in [3.8, 4) is 0 Å². The van der Waals surface area contributed by atoms with Gasteiger partial charge < -0.3 is 10.6 Å². The largest absolute Gasteiger partial charge is 0.396 e. The fourth-order valence-corrected chi connectivity index (χ4v) is 3.04. The molecule has 1 saturated heterocycles. The number of fused-ring (bicyclic) bond motifs is 1.